The fraction of sp³-hybridized carbons (Fsp3) is 0.214. The summed E-state index contributed by atoms with van der Waals surface area (Å²) in [5.74, 6) is -0.283. The molecule has 3 N–H and O–H groups in total. The minimum absolute atomic E-state index is 0.00810. The van der Waals surface area contributed by atoms with Gasteiger partial charge < -0.3 is 11.1 Å². The highest BCUT2D eigenvalue weighted by atomic mass is 32.2. The van der Waals surface area contributed by atoms with Crippen LogP contribution in [-0.4, -0.2) is 11.7 Å². The van der Waals surface area contributed by atoms with Crippen LogP contribution in [0.5, 0.6) is 0 Å². The Labute approximate surface area is 125 Å². The maximum absolute atomic E-state index is 13.3. The number of anilines is 1. The average Bonchev–Trinajstić information content (AvgIpc) is 2.94. The Kier molecular flexibility index (Phi) is 5.03. The number of nitrogens with two attached hydrogens (primary N) is 1. The van der Waals surface area contributed by atoms with Gasteiger partial charge in [0.2, 0.25) is 5.91 Å². The van der Waals surface area contributed by atoms with Crippen LogP contribution in [0.25, 0.3) is 0 Å². The number of amides is 1. The molecular formula is C14H15FN2OS2. The molecule has 0 saturated carbocycles. The predicted molar refractivity (Wildman–Crippen MR) is 82.4 cm³/mol. The zero-order valence-corrected chi connectivity index (χ0v) is 12.6. The first-order valence-corrected chi connectivity index (χ1v) is 7.93. The molecule has 0 aliphatic rings. The number of nitrogens with one attached hydrogen (secondary N) is 1. The number of thiophene rings is 1. The monoisotopic (exact) mass is 310 g/mol. The van der Waals surface area contributed by atoms with Gasteiger partial charge in [-0.2, -0.15) is 0 Å². The maximum atomic E-state index is 13.3. The van der Waals surface area contributed by atoms with Gasteiger partial charge in [0.1, 0.15) is 5.82 Å². The number of carbonyl (C=O) groups excluding carboxylic acids is 1. The number of hydrogen-bond acceptors (Lipinski definition) is 4. The fourth-order valence-corrected chi connectivity index (χ4v) is 3.11. The summed E-state index contributed by atoms with van der Waals surface area (Å²) in [5, 5.41) is 4.89. The van der Waals surface area contributed by atoms with Crippen LogP contribution in [-0.2, 0) is 4.79 Å². The first-order chi connectivity index (χ1) is 9.56. The zero-order chi connectivity index (χ0) is 14.5. The molecule has 3 nitrogen and oxygen atoms in total. The lowest BCUT2D eigenvalue weighted by Crippen LogP contribution is -2.27. The van der Waals surface area contributed by atoms with Crippen molar-refractivity contribution in [2.75, 3.05) is 11.5 Å². The topological polar surface area (TPSA) is 55.1 Å². The van der Waals surface area contributed by atoms with Crippen molar-refractivity contribution in [2.45, 2.75) is 17.9 Å². The van der Waals surface area contributed by atoms with Gasteiger partial charge >= 0.3 is 0 Å². The quantitative estimate of drug-likeness (QED) is 0.657. The van der Waals surface area contributed by atoms with Gasteiger partial charge in [-0.15, -0.1) is 23.1 Å². The lowest BCUT2D eigenvalue weighted by Gasteiger charge is -2.12. The minimum Gasteiger partial charge on any atom is -0.396 e. The molecule has 0 saturated heterocycles. The van der Waals surface area contributed by atoms with Crippen LogP contribution in [0.15, 0.2) is 40.6 Å². The lowest BCUT2D eigenvalue weighted by molar-refractivity contribution is -0.119. The average molecular weight is 310 g/mol. The number of thioether (sulfide) groups is 1. The summed E-state index contributed by atoms with van der Waals surface area (Å²) in [5.41, 5.74) is 5.52. The molecule has 0 aliphatic heterocycles. The summed E-state index contributed by atoms with van der Waals surface area (Å²) >= 11 is 2.89. The van der Waals surface area contributed by atoms with Gasteiger partial charge in [-0.25, -0.2) is 4.39 Å². The Bertz CT molecular complexity index is 587. The molecule has 106 valence electrons. The highest BCUT2D eigenvalue weighted by Gasteiger charge is 2.11. The van der Waals surface area contributed by atoms with Crippen molar-refractivity contribution in [3.8, 4) is 0 Å². The third-order valence-electron chi connectivity index (χ3n) is 2.69. The second-order valence-electron chi connectivity index (χ2n) is 4.28. The Morgan fingerprint density at radius 1 is 1.50 bits per heavy atom. The standard InChI is InChI=1S/C14H15FN2OS2/c1-9(13-3-2-6-19-13)17-14(18)8-20-10-4-5-12(16)11(15)7-10/h2-7,9H,8,16H2,1H3,(H,17,18). The summed E-state index contributed by atoms with van der Waals surface area (Å²) < 4.78 is 13.3. The van der Waals surface area contributed by atoms with Crippen LogP contribution >= 0.6 is 23.1 Å². The second-order valence-corrected chi connectivity index (χ2v) is 6.30. The van der Waals surface area contributed by atoms with E-state index in [1.807, 2.05) is 24.4 Å². The van der Waals surface area contributed by atoms with E-state index >= 15 is 0 Å². The molecule has 2 aromatic rings. The van der Waals surface area contributed by atoms with Gasteiger partial charge in [0.05, 0.1) is 17.5 Å². The number of rotatable bonds is 5. The molecule has 1 aromatic carbocycles. The second kappa shape index (κ2) is 6.76. The van der Waals surface area contributed by atoms with E-state index in [2.05, 4.69) is 5.32 Å². The molecule has 0 bridgehead atoms. The van der Waals surface area contributed by atoms with Crippen LogP contribution in [0, 0.1) is 5.82 Å². The third-order valence-corrected chi connectivity index (χ3v) is 4.74. The fourth-order valence-electron chi connectivity index (χ4n) is 1.64. The van der Waals surface area contributed by atoms with Crippen molar-refractivity contribution in [1.29, 1.82) is 0 Å². The predicted octanol–water partition coefficient (Wildman–Crippen LogP) is 3.44. The normalized spacial score (nSPS) is 12.1. The summed E-state index contributed by atoms with van der Waals surface area (Å²) in [6.07, 6.45) is 0. The van der Waals surface area contributed by atoms with E-state index in [0.29, 0.717) is 4.90 Å². The molecule has 1 heterocycles. The number of hydrogen-bond donors (Lipinski definition) is 2. The van der Waals surface area contributed by atoms with Crippen LogP contribution in [0.1, 0.15) is 17.8 Å². The summed E-state index contributed by atoms with van der Waals surface area (Å²) in [4.78, 5) is 13.6. The van der Waals surface area contributed by atoms with Crippen molar-refractivity contribution >= 4 is 34.7 Å². The SMILES string of the molecule is CC(NC(=O)CSc1ccc(N)c(F)c1)c1cccs1. The summed E-state index contributed by atoms with van der Waals surface area (Å²) in [6, 6.07) is 8.48. The molecule has 20 heavy (non-hydrogen) atoms. The molecule has 0 spiro atoms. The van der Waals surface area contributed by atoms with E-state index in [1.165, 1.54) is 23.9 Å². The lowest BCUT2D eigenvalue weighted by atomic mass is 10.3. The zero-order valence-electron chi connectivity index (χ0n) is 10.9. The van der Waals surface area contributed by atoms with Crippen LogP contribution < -0.4 is 11.1 Å². The molecule has 1 aromatic heterocycles. The van der Waals surface area contributed by atoms with Gasteiger partial charge in [0.15, 0.2) is 0 Å². The molecule has 0 aliphatic carbocycles. The summed E-state index contributed by atoms with van der Waals surface area (Å²) in [6.45, 7) is 1.94. The summed E-state index contributed by atoms with van der Waals surface area (Å²) in [7, 11) is 0. The highest BCUT2D eigenvalue weighted by Crippen LogP contribution is 2.22. The Hall–Kier alpha value is -1.53. The van der Waals surface area contributed by atoms with Crippen molar-refractivity contribution in [3.05, 3.63) is 46.4 Å². The van der Waals surface area contributed by atoms with Crippen LogP contribution in [0.3, 0.4) is 0 Å². The molecule has 6 heteroatoms. The molecule has 0 radical (unpaired) electrons. The number of nitrogen functional groups attached to an aromatic ring is 1. The van der Waals surface area contributed by atoms with Crippen LogP contribution in [0.2, 0.25) is 0 Å². The smallest absolute Gasteiger partial charge is 0.230 e. The Balaban J connectivity index is 1.84. The van der Waals surface area contributed by atoms with Crippen molar-refractivity contribution in [3.63, 3.8) is 0 Å². The first kappa shape index (κ1) is 14.9. The van der Waals surface area contributed by atoms with E-state index < -0.39 is 5.82 Å². The molecule has 1 amide bonds. The van der Waals surface area contributed by atoms with Gasteiger partial charge in [-0.3, -0.25) is 4.79 Å². The highest BCUT2D eigenvalue weighted by molar-refractivity contribution is 8.00. The van der Waals surface area contributed by atoms with Gasteiger partial charge in [-0.05, 0) is 36.6 Å². The number of halogens is 1. The minimum atomic E-state index is -0.456. The van der Waals surface area contributed by atoms with Crippen molar-refractivity contribution < 1.29 is 9.18 Å². The van der Waals surface area contributed by atoms with E-state index in [-0.39, 0.29) is 23.4 Å². The van der Waals surface area contributed by atoms with E-state index in [0.717, 1.165) is 4.88 Å². The van der Waals surface area contributed by atoms with Gasteiger partial charge in [0.25, 0.3) is 0 Å². The van der Waals surface area contributed by atoms with Gasteiger partial charge in [-0.1, -0.05) is 6.07 Å². The van der Waals surface area contributed by atoms with Gasteiger partial charge in [0, 0.05) is 9.77 Å². The van der Waals surface area contributed by atoms with Crippen LogP contribution in [0.4, 0.5) is 10.1 Å². The maximum Gasteiger partial charge on any atom is 0.230 e. The number of carbonyl (C=O) groups is 1. The first-order valence-electron chi connectivity index (χ1n) is 6.07. The molecular weight excluding hydrogens is 295 g/mol. The van der Waals surface area contributed by atoms with Crippen molar-refractivity contribution in [2.24, 2.45) is 0 Å². The van der Waals surface area contributed by atoms with E-state index in [9.17, 15) is 9.18 Å². The molecule has 0 fully saturated rings. The van der Waals surface area contributed by atoms with E-state index in [1.54, 1.807) is 17.4 Å². The third kappa shape index (κ3) is 3.98. The Morgan fingerprint density at radius 2 is 2.30 bits per heavy atom. The molecule has 1 unspecified atom stereocenters. The molecule has 1 atom stereocenters. The largest absolute Gasteiger partial charge is 0.396 e. The van der Waals surface area contributed by atoms with Crippen molar-refractivity contribution in [1.82, 2.24) is 5.32 Å². The Morgan fingerprint density at radius 3 is 2.95 bits per heavy atom. The van der Waals surface area contributed by atoms with E-state index in [4.69, 9.17) is 5.73 Å². The molecule has 2 rings (SSSR count). The number of benzene rings is 1.